The van der Waals surface area contributed by atoms with Crippen LogP contribution in [-0.4, -0.2) is 23.4 Å². The van der Waals surface area contributed by atoms with Crippen LogP contribution >= 0.6 is 0 Å². The van der Waals surface area contributed by atoms with Gasteiger partial charge in [-0.15, -0.1) is 0 Å². The molecule has 1 aliphatic rings. The Kier molecular flexibility index (Phi) is 4.56. The molecule has 0 saturated heterocycles. The molecule has 0 aromatic heterocycles. The van der Waals surface area contributed by atoms with Crippen molar-refractivity contribution in [1.82, 2.24) is 0 Å². The highest BCUT2D eigenvalue weighted by molar-refractivity contribution is 7.92. The first kappa shape index (κ1) is 18.1. The number of ether oxygens (including phenoxy) is 1. The van der Waals surface area contributed by atoms with Crippen LogP contribution in [0.25, 0.3) is 0 Å². The Morgan fingerprint density at radius 3 is 2.65 bits per heavy atom. The number of halogens is 3. The van der Waals surface area contributed by atoms with Crippen LogP contribution < -0.4 is 9.64 Å². The number of alkyl halides is 3. The van der Waals surface area contributed by atoms with E-state index in [0.717, 1.165) is 18.1 Å². The fourth-order valence-electron chi connectivity index (χ4n) is 2.72. The zero-order valence-corrected chi connectivity index (χ0v) is 14.1. The highest BCUT2D eigenvalue weighted by Crippen LogP contribution is 2.40. The molecule has 1 amide bonds. The zero-order valence-electron chi connectivity index (χ0n) is 13.3. The number of nitriles is 1. The summed E-state index contributed by atoms with van der Waals surface area (Å²) in [5.41, 5.74) is -1.57. The molecule has 0 aliphatic carbocycles. The molecule has 1 heterocycles. The fourth-order valence-corrected chi connectivity index (χ4v) is 3.99. The minimum Gasteiger partial charge on any atom is -0.610 e. The third-order valence-corrected chi connectivity index (χ3v) is 5.19. The van der Waals surface area contributed by atoms with Crippen molar-refractivity contribution >= 4 is 22.8 Å². The van der Waals surface area contributed by atoms with Crippen molar-refractivity contribution in [3.63, 3.8) is 0 Å². The predicted molar refractivity (Wildman–Crippen MR) is 87.2 cm³/mol. The molecule has 5 nitrogen and oxygen atoms in total. The average molecular weight is 380 g/mol. The third kappa shape index (κ3) is 2.98. The maximum Gasteiger partial charge on any atom is 0.420 e. The number of fused-ring (bicyclic) bond motifs is 1. The fraction of sp³-hybridized carbons (Fsp3) is 0.176. The Morgan fingerprint density at radius 2 is 2.04 bits per heavy atom. The molecule has 0 saturated carbocycles. The van der Waals surface area contributed by atoms with Crippen molar-refractivity contribution in [2.24, 2.45) is 0 Å². The third-order valence-electron chi connectivity index (χ3n) is 3.86. The van der Waals surface area contributed by atoms with Gasteiger partial charge in [0.1, 0.15) is 17.5 Å². The predicted octanol–water partition coefficient (Wildman–Crippen LogP) is 3.31. The van der Waals surface area contributed by atoms with Gasteiger partial charge < -0.3 is 9.29 Å². The van der Waals surface area contributed by atoms with Gasteiger partial charge in [-0.3, -0.25) is 9.69 Å². The van der Waals surface area contributed by atoms with Gasteiger partial charge in [0.15, 0.2) is 10.8 Å². The van der Waals surface area contributed by atoms with E-state index >= 15 is 0 Å². The van der Waals surface area contributed by atoms with Crippen LogP contribution in [0.2, 0.25) is 0 Å². The van der Waals surface area contributed by atoms with Crippen molar-refractivity contribution in [2.45, 2.75) is 11.1 Å². The number of hydrogen-bond acceptors (Lipinski definition) is 4. The summed E-state index contributed by atoms with van der Waals surface area (Å²) < 4.78 is 56.8. The number of carbonyl (C=O) groups is 1. The Bertz CT molecular complexity index is 924. The van der Waals surface area contributed by atoms with E-state index in [1.807, 2.05) is 0 Å². The summed E-state index contributed by atoms with van der Waals surface area (Å²) >= 11 is -1.46. The lowest BCUT2D eigenvalue weighted by Gasteiger charge is -2.18. The summed E-state index contributed by atoms with van der Waals surface area (Å²) in [4.78, 5) is 14.4. The standard InChI is InChI=1S/C17H11F3N2O3S/c1-25-15-11(8-21)6-10(7-12(15)17(18,19)20)16(23)22-9-26(24)14-5-3-2-4-13(14)22/h2-7H,9H2,1H3. The molecule has 1 atom stereocenters. The van der Waals surface area contributed by atoms with Crippen LogP contribution in [0.1, 0.15) is 21.5 Å². The van der Waals surface area contributed by atoms with Crippen molar-refractivity contribution in [3.8, 4) is 11.8 Å². The van der Waals surface area contributed by atoms with Crippen LogP contribution in [0.4, 0.5) is 18.9 Å². The highest BCUT2D eigenvalue weighted by Gasteiger charge is 2.39. The topological polar surface area (TPSA) is 76.4 Å². The molecule has 2 aromatic carbocycles. The number of methoxy groups -OCH3 is 1. The molecule has 2 aromatic rings. The summed E-state index contributed by atoms with van der Waals surface area (Å²) in [6.45, 7) is 0. The Labute approximate surface area is 149 Å². The van der Waals surface area contributed by atoms with Crippen LogP contribution in [0.15, 0.2) is 41.3 Å². The lowest BCUT2D eigenvalue weighted by atomic mass is 10.0. The molecular formula is C17H11F3N2O3S. The van der Waals surface area contributed by atoms with Gasteiger partial charge in [0.25, 0.3) is 5.91 Å². The number of para-hydroxylation sites is 1. The molecule has 0 N–H and O–H groups in total. The van der Waals surface area contributed by atoms with Gasteiger partial charge in [-0.1, -0.05) is 12.1 Å². The van der Waals surface area contributed by atoms with E-state index < -0.39 is 40.1 Å². The molecule has 3 rings (SSSR count). The molecule has 0 spiro atoms. The second-order valence-corrected chi connectivity index (χ2v) is 6.78. The second kappa shape index (κ2) is 6.55. The van der Waals surface area contributed by atoms with E-state index in [1.165, 1.54) is 0 Å². The minimum absolute atomic E-state index is 0.159. The normalized spacial score (nSPS) is 16.2. The smallest absolute Gasteiger partial charge is 0.420 e. The number of benzene rings is 2. The molecule has 0 fully saturated rings. The molecule has 1 unspecified atom stereocenters. The summed E-state index contributed by atoms with van der Waals surface area (Å²) in [6.07, 6.45) is -4.81. The first-order valence-electron chi connectivity index (χ1n) is 7.26. The first-order valence-corrected chi connectivity index (χ1v) is 8.58. The number of rotatable bonds is 2. The maximum atomic E-state index is 13.3. The summed E-state index contributed by atoms with van der Waals surface area (Å²) in [7, 11) is 1.02. The minimum atomic E-state index is -4.81. The van der Waals surface area contributed by atoms with Crippen LogP contribution in [-0.2, 0) is 17.4 Å². The quantitative estimate of drug-likeness (QED) is 0.749. The van der Waals surface area contributed by atoms with Crippen LogP contribution in [0.5, 0.6) is 5.75 Å². The van der Waals surface area contributed by atoms with Gasteiger partial charge in [0.2, 0.25) is 0 Å². The van der Waals surface area contributed by atoms with E-state index in [1.54, 1.807) is 30.3 Å². The Morgan fingerprint density at radius 1 is 1.35 bits per heavy atom. The van der Waals surface area contributed by atoms with Crippen molar-refractivity contribution in [2.75, 3.05) is 17.9 Å². The number of nitrogens with zero attached hydrogens (tertiary/aromatic N) is 2. The summed E-state index contributed by atoms with van der Waals surface area (Å²) in [5.74, 6) is -1.57. The van der Waals surface area contributed by atoms with Crippen LogP contribution in [0.3, 0.4) is 0 Å². The number of carbonyl (C=O) groups excluding carboxylic acids is 1. The molecule has 1 aliphatic heterocycles. The second-order valence-electron chi connectivity index (χ2n) is 5.39. The van der Waals surface area contributed by atoms with Gasteiger partial charge in [-0.2, -0.15) is 18.4 Å². The lowest BCUT2D eigenvalue weighted by Crippen LogP contribution is -2.30. The largest absolute Gasteiger partial charge is 0.610 e. The SMILES string of the molecule is COc1c(C#N)cc(C(=O)N2C[S+]([O-])c3ccccc32)cc1C(F)(F)F. The molecular weight excluding hydrogens is 369 g/mol. The maximum absolute atomic E-state index is 13.3. The zero-order chi connectivity index (χ0) is 19.1. The number of anilines is 1. The van der Waals surface area contributed by atoms with Gasteiger partial charge >= 0.3 is 6.18 Å². The van der Waals surface area contributed by atoms with Gasteiger partial charge in [-0.05, 0) is 24.3 Å². The van der Waals surface area contributed by atoms with E-state index in [4.69, 9.17) is 10.00 Å². The van der Waals surface area contributed by atoms with Crippen molar-refractivity contribution < 1.29 is 27.3 Å². The van der Waals surface area contributed by atoms with E-state index in [9.17, 15) is 22.5 Å². The summed E-state index contributed by atoms with van der Waals surface area (Å²) in [6, 6.07) is 9.76. The molecule has 9 heteroatoms. The molecule has 134 valence electrons. The lowest BCUT2D eigenvalue weighted by molar-refractivity contribution is -0.138. The number of amides is 1. The molecule has 26 heavy (non-hydrogen) atoms. The summed E-state index contributed by atoms with van der Waals surface area (Å²) in [5, 5.41) is 9.14. The first-order chi connectivity index (χ1) is 12.3. The monoisotopic (exact) mass is 380 g/mol. The van der Waals surface area contributed by atoms with E-state index in [-0.39, 0.29) is 11.4 Å². The Hall–Kier alpha value is -2.70. The van der Waals surface area contributed by atoms with Gasteiger partial charge in [0.05, 0.1) is 18.2 Å². The van der Waals surface area contributed by atoms with Crippen molar-refractivity contribution in [1.29, 1.82) is 5.26 Å². The van der Waals surface area contributed by atoms with Crippen molar-refractivity contribution in [3.05, 3.63) is 53.1 Å². The van der Waals surface area contributed by atoms with Gasteiger partial charge in [0, 0.05) is 16.7 Å². The van der Waals surface area contributed by atoms with E-state index in [2.05, 4.69) is 0 Å². The molecule has 0 radical (unpaired) electrons. The molecule has 0 bridgehead atoms. The van der Waals surface area contributed by atoms with Crippen LogP contribution in [0, 0.1) is 11.3 Å². The highest BCUT2D eigenvalue weighted by atomic mass is 32.2. The van der Waals surface area contributed by atoms with Gasteiger partial charge in [-0.25, -0.2) is 0 Å². The van der Waals surface area contributed by atoms with E-state index in [0.29, 0.717) is 16.6 Å². The Balaban J connectivity index is 2.11. The number of hydrogen-bond donors (Lipinski definition) is 0. The average Bonchev–Trinajstić information content (AvgIpc) is 2.96.